The highest BCUT2D eigenvalue weighted by Crippen LogP contribution is 2.26. The molecule has 0 bridgehead atoms. The molecule has 126 valence electrons. The van der Waals surface area contributed by atoms with Crippen LogP contribution in [0.4, 0.5) is 5.69 Å². The van der Waals surface area contributed by atoms with Gasteiger partial charge in [-0.25, -0.2) is 18.0 Å². The molecular formula is C16H15NO6S. The molecule has 2 aromatic carbocycles. The van der Waals surface area contributed by atoms with Crippen LogP contribution in [0.1, 0.15) is 20.7 Å². The van der Waals surface area contributed by atoms with Gasteiger partial charge in [0.15, 0.2) is 0 Å². The number of carboxylic acid groups (broad SMARTS) is 1. The molecule has 2 rings (SSSR count). The van der Waals surface area contributed by atoms with Crippen LogP contribution in [0.3, 0.4) is 0 Å². The van der Waals surface area contributed by atoms with E-state index in [2.05, 4.69) is 4.74 Å². The average molecular weight is 349 g/mol. The number of nitrogens with zero attached hydrogens (tertiary/aromatic N) is 1. The Hall–Kier alpha value is -2.87. The number of carbonyl (C=O) groups is 2. The summed E-state index contributed by atoms with van der Waals surface area (Å²) in [6.07, 6.45) is 0. The first kappa shape index (κ1) is 17.5. The molecule has 0 fully saturated rings. The van der Waals surface area contributed by atoms with E-state index in [1.54, 1.807) is 12.1 Å². The number of hydrogen-bond acceptors (Lipinski definition) is 5. The minimum Gasteiger partial charge on any atom is -0.478 e. The topological polar surface area (TPSA) is 101 Å². The normalized spacial score (nSPS) is 10.9. The quantitative estimate of drug-likeness (QED) is 0.829. The van der Waals surface area contributed by atoms with Gasteiger partial charge >= 0.3 is 11.9 Å². The van der Waals surface area contributed by atoms with Crippen molar-refractivity contribution in [3.8, 4) is 0 Å². The third-order valence-electron chi connectivity index (χ3n) is 3.39. The zero-order valence-electron chi connectivity index (χ0n) is 13.0. The zero-order chi connectivity index (χ0) is 17.9. The largest absolute Gasteiger partial charge is 0.478 e. The van der Waals surface area contributed by atoms with Crippen molar-refractivity contribution in [2.45, 2.75) is 4.90 Å². The van der Waals surface area contributed by atoms with Crippen molar-refractivity contribution in [1.29, 1.82) is 0 Å². The molecule has 24 heavy (non-hydrogen) atoms. The van der Waals surface area contributed by atoms with Crippen molar-refractivity contribution >= 4 is 27.6 Å². The summed E-state index contributed by atoms with van der Waals surface area (Å²) in [6, 6.07) is 11.1. The maximum absolute atomic E-state index is 12.8. The predicted molar refractivity (Wildman–Crippen MR) is 86.8 cm³/mol. The molecule has 0 radical (unpaired) electrons. The van der Waals surface area contributed by atoms with Gasteiger partial charge in [0.25, 0.3) is 10.0 Å². The fourth-order valence-corrected chi connectivity index (χ4v) is 3.37. The van der Waals surface area contributed by atoms with Crippen molar-refractivity contribution in [1.82, 2.24) is 0 Å². The number of para-hydroxylation sites is 1. The molecule has 0 aromatic heterocycles. The Labute approximate surface area is 139 Å². The summed E-state index contributed by atoms with van der Waals surface area (Å²) < 4.78 is 31.1. The Balaban J connectivity index is 2.53. The Bertz CT molecular complexity index is 891. The number of aromatic carboxylic acids is 1. The number of esters is 1. The van der Waals surface area contributed by atoms with Gasteiger partial charge in [0.1, 0.15) is 0 Å². The van der Waals surface area contributed by atoms with Crippen LogP contribution in [0.5, 0.6) is 0 Å². The third kappa shape index (κ3) is 3.23. The fourth-order valence-electron chi connectivity index (χ4n) is 2.11. The van der Waals surface area contributed by atoms with E-state index in [0.29, 0.717) is 0 Å². The van der Waals surface area contributed by atoms with Crippen molar-refractivity contribution < 1.29 is 27.9 Å². The fraction of sp³-hybridized carbons (Fsp3) is 0.125. The van der Waals surface area contributed by atoms with Crippen LogP contribution in [0, 0.1) is 0 Å². The second kappa shape index (κ2) is 6.71. The highest BCUT2D eigenvalue weighted by molar-refractivity contribution is 7.92. The summed E-state index contributed by atoms with van der Waals surface area (Å²) >= 11 is 0. The minimum absolute atomic E-state index is 0.0838. The van der Waals surface area contributed by atoms with Gasteiger partial charge in [-0.15, -0.1) is 0 Å². The molecule has 0 atom stereocenters. The van der Waals surface area contributed by atoms with Crippen LogP contribution < -0.4 is 4.31 Å². The minimum atomic E-state index is -4.05. The van der Waals surface area contributed by atoms with Gasteiger partial charge in [0, 0.05) is 7.05 Å². The first-order chi connectivity index (χ1) is 11.3. The van der Waals surface area contributed by atoms with Gasteiger partial charge in [-0.1, -0.05) is 18.2 Å². The van der Waals surface area contributed by atoms with Crippen LogP contribution in [0.25, 0.3) is 0 Å². The van der Waals surface area contributed by atoms with Crippen molar-refractivity contribution in [3.05, 3.63) is 59.7 Å². The smallest absolute Gasteiger partial charge is 0.340 e. The lowest BCUT2D eigenvalue weighted by Gasteiger charge is -2.21. The molecular weight excluding hydrogens is 334 g/mol. The molecule has 2 aromatic rings. The lowest BCUT2D eigenvalue weighted by atomic mass is 10.2. The van der Waals surface area contributed by atoms with Crippen LogP contribution >= 0.6 is 0 Å². The molecule has 7 nitrogen and oxygen atoms in total. The Morgan fingerprint density at radius 1 is 1.08 bits per heavy atom. The van der Waals surface area contributed by atoms with Gasteiger partial charge in [0.2, 0.25) is 0 Å². The molecule has 0 saturated carbocycles. The molecule has 1 N–H and O–H groups in total. The number of anilines is 1. The van der Waals surface area contributed by atoms with Gasteiger partial charge in [-0.05, 0) is 30.3 Å². The van der Waals surface area contributed by atoms with Gasteiger partial charge in [-0.2, -0.15) is 0 Å². The zero-order valence-corrected chi connectivity index (χ0v) is 13.8. The number of benzene rings is 2. The number of hydrogen-bond donors (Lipinski definition) is 1. The molecule has 0 spiro atoms. The average Bonchev–Trinajstić information content (AvgIpc) is 2.60. The number of ether oxygens (including phenoxy) is 1. The van der Waals surface area contributed by atoms with Gasteiger partial charge in [0.05, 0.1) is 28.8 Å². The Morgan fingerprint density at radius 2 is 1.75 bits per heavy atom. The first-order valence-corrected chi connectivity index (χ1v) is 8.22. The number of carboxylic acids is 1. The Morgan fingerprint density at radius 3 is 2.38 bits per heavy atom. The molecule has 0 saturated heterocycles. The maximum Gasteiger partial charge on any atom is 0.340 e. The molecule has 0 amide bonds. The second-order valence-corrected chi connectivity index (χ2v) is 6.78. The highest BCUT2D eigenvalue weighted by atomic mass is 32.2. The highest BCUT2D eigenvalue weighted by Gasteiger charge is 2.26. The van der Waals surface area contributed by atoms with E-state index < -0.39 is 22.0 Å². The summed E-state index contributed by atoms with van der Waals surface area (Å²) in [5.74, 6) is -1.91. The first-order valence-electron chi connectivity index (χ1n) is 6.78. The molecule has 8 heteroatoms. The monoisotopic (exact) mass is 349 g/mol. The van der Waals surface area contributed by atoms with E-state index in [9.17, 15) is 18.0 Å². The Kier molecular flexibility index (Phi) is 4.89. The van der Waals surface area contributed by atoms with E-state index in [1.165, 1.54) is 44.5 Å². The van der Waals surface area contributed by atoms with Crippen molar-refractivity contribution in [2.75, 3.05) is 18.5 Å². The maximum atomic E-state index is 12.8. The predicted octanol–water partition coefficient (Wildman–Crippen LogP) is 2.00. The van der Waals surface area contributed by atoms with E-state index in [1.807, 2.05) is 0 Å². The van der Waals surface area contributed by atoms with Gasteiger partial charge < -0.3 is 9.84 Å². The lowest BCUT2D eigenvalue weighted by molar-refractivity contribution is 0.0600. The number of sulfonamides is 1. The molecule has 0 heterocycles. The van der Waals surface area contributed by atoms with Crippen molar-refractivity contribution in [2.24, 2.45) is 0 Å². The summed E-state index contributed by atoms with van der Waals surface area (Å²) in [6.45, 7) is 0. The number of methoxy groups -OCH3 is 1. The standard InChI is InChI=1S/C16H15NO6S/c1-17(14-9-4-3-8-13(14)16(20)23-2)24(21,22)12-7-5-6-11(10-12)15(18)19/h3-10H,1-2H3,(H,18,19). The van der Waals surface area contributed by atoms with E-state index in [0.717, 1.165) is 10.4 Å². The summed E-state index contributed by atoms with van der Waals surface area (Å²) in [7, 11) is -1.57. The number of carbonyl (C=O) groups excluding carboxylic acids is 1. The van der Waals surface area contributed by atoms with Crippen LogP contribution in [-0.4, -0.2) is 39.6 Å². The molecule has 0 aliphatic rings. The molecule has 0 aliphatic carbocycles. The lowest BCUT2D eigenvalue weighted by Crippen LogP contribution is -2.28. The molecule has 0 aliphatic heterocycles. The van der Waals surface area contributed by atoms with E-state index in [4.69, 9.17) is 5.11 Å². The summed E-state index contributed by atoms with van der Waals surface area (Å²) in [5.41, 5.74) is 0.0660. The third-order valence-corrected chi connectivity index (χ3v) is 5.16. The van der Waals surface area contributed by atoms with Crippen LogP contribution in [0.15, 0.2) is 53.4 Å². The van der Waals surface area contributed by atoms with Crippen LogP contribution in [-0.2, 0) is 14.8 Å². The number of rotatable bonds is 5. The van der Waals surface area contributed by atoms with Crippen molar-refractivity contribution in [3.63, 3.8) is 0 Å². The van der Waals surface area contributed by atoms with Gasteiger partial charge in [-0.3, -0.25) is 4.31 Å². The second-order valence-electron chi connectivity index (χ2n) is 4.81. The summed E-state index contributed by atoms with van der Waals surface area (Å²) in [5, 5.41) is 9.01. The van der Waals surface area contributed by atoms with E-state index >= 15 is 0 Å². The van der Waals surface area contributed by atoms with Crippen LogP contribution in [0.2, 0.25) is 0 Å². The SMILES string of the molecule is COC(=O)c1ccccc1N(C)S(=O)(=O)c1cccc(C(=O)O)c1. The summed E-state index contributed by atoms with van der Waals surface area (Å²) in [4.78, 5) is 22.7. The molecule has 0 unspecified atom stereocenters. The van der Waals surface area contributed by atoms with E-state index in [-0.39, 0.29) is 21.7 Å².